The Morgan fingerprint density at radius 1 is 1.36 bits per heavy atom. The van der Waals surface area contributed by atoms with Crippen molar-refractivity contribution in [3.8, 4) is 0 Å². The summed E-state index contributed by atoms with van der Waals surface area (Å²) in [5.74, 6) is 0.497. The average molecular weight is 330 g/mol. The van der Waals surface area contributed by atoms with Gasteiger partial charge in [0, 0.05) is 13.1 Å². The minimum absolute atomic E-state index is 0. The van der Waals surface area contributed by atoms with Crippen molar-refractivity contribution < 1.29 is 9.18 Å². The highest BCUT2D eigenvalue weighted by atomic mass is 35.5. The molecule has 2 rings (SSSR count). The van der Waals surface area contributed by atoms with Crippen LogP contribution in [0.15, 0.2) is 24.3 Å². The van der Waals surface area contributed by atoms with Crippen molar-refractivity contribution >= 4 is 18.3 Å². The van der Waals surface area contributed by atoms with Crippen molar-refractivity contribution in [2.75, 3.05) is 39.8 Å². The minimum atomic E-state index is -0.229. The van der Waals surface area contributed by atoms with Crippen molar-refractivity contribution in [1.29, 1.82) is 0 Å². The van der Waals surface area contributed by atoms with Crippen LogP contribution in [-0.2, 0) is 11.2 Å². The van der Waals surface area contributed by atoms with Gasteiger partial charge < -0.3 is 10.6 Å². The van der Waals surface area contributed by atoms with E-state index in [4.69, 9.17) is 0 Å². The van der Waals surface area contributed by atoms with E-state index in [1.807, 2.05) is 7.05 Å². The summed E-state index contributed by atoms with van der Waals surface area (Å²) in [6, 6.07) is 6.40. The number of benzene rings is 1. The summed E-state index contributed by atoms with van der Waals surface area (Å²) in [4.78, 5) is 14.1. The first-order valence-electron chi connectivity index (χ1n) is 7.55. The Bertz CT molecular complexity index is 455. The number of nitrogens with zero attached hydrogens (tertiary/aromatic N) is 1. The summed E-state index contributed by atoms with van der Waals surface area (Å²) >= 11 is 0. The van der Waals surface area contributed by atoms with Crippen LogP contribution in [0.1, 0.15) is 12.0 Å². The first-order chi connectivity index (χ1) is 10.2. The van der Waals surface area contributed by atoms with Gasteiger partial charge >= 0.3 is 0 Å². The van der Waals surface area contributed by atoms with Gasteiger partial charge in [0.2, 0.25) is 5.91 Å². The van der Waals surface area contributed by atoms with Gasteiger partial charge in [-0.15, -0.1) is 12.4 Å². The van der Waals surface area contributed by atoms with Crippen molar-refractivity contribution in [3.63, 3.8) is 0 Å². The molecule has 0 bridgehead atoms. The first-order valence-corrected chi connectivity index (χ1v) is 7.55. The third kappa shape index (κ3) is 6.30. The highest BCUT2D eigenvalue weighted by Crippen LogP contribution is 2.14. The molecule has 1 saturated heterocycles. The largest absolute Gasteiger partial charge is 0.355 e. The lowest BCUT2D eigenvalue weighted by molar-refractivity contribution is -0.122. The van der Waals surface area contributed by atoms with Gasteiger partial charge in [-0.3, -0.25) is 9.69 Å². The molecule has 4 nitrogen and oxygen atoms in total. The molecule has 0 aliphatic carbocycles. The Morgan fingerprint density at radius 3 is 2.77 bits per heavy atom. The Balaban J connectivity index is 0.00000242. The number of carbonyl (C=O) groups excluding carboxylic acids is 1. The van der Waals surface area contributed by atoms with E-state index >= 15 is 0 Å². The molecule has 0 aromatic heterocycles. The highest BCUT2D eigenvalue weighted by molar-refractivity contribution is 5.85. The second-order valence-electron chi connectivity index (χ2n) is 5.67. The van der Waals surface area contributed by atoms with Crippen LogP contribution < -0.4 is 10.6 Å². The molecule has 1 amide bonds. The predicted molar refractivity (Wildman–Crippen MR) is 88.8 cm³/mol. The SMILES string of the molecule is CNCC1CCN(CC(=O)NCCc2ccc(F)cc2)C1.Cl. The molecule has 124 valence electrons. The molecule has 1 atom stereocenters. The van der Waals surface area contributed by atoms with Gasteiger partial charge in [-0.1, -0.05) is 12.1 Å². The number of halogens is 2. The molecule has 1 aromatic carbocycles. The van der Waals surface area contributed by atoms with Crippen LogP contribution in [0.5, 0.6) is 0 Å². The van der Waals surface area contributed by atoms with Crippen LogP contribution >= 0.6 is 12.4 Å². The number of hydrogen-bond acceptors (Lipinski definition) is 3. The number of nitrogens with one attached hydrogen (secondary N) is 2. The maximum absolute atomic E-state index is 12.8. The Labute approximate surface area is 137 Å². The Hall–Kier alpha value is -1.17. The third-order valence-electron chi connectivity index (χ3n) is 3.88. The van der Waals surface area contributed by atoms with E-state index in [1.165, 1.54) is 12.1 Å². The van der Waals surface area contributed by atoms with E-state index in [9.17, 15) is 9.18 Å². The number of amides is 1. The fourth-order valence-corrected chi connectivity index (χ4v) is 2.77. The molecule has 2 N–H and O–H groups in total. The summed E-state index contributed by atoms with van der Waals surface area (Å²) in [6.45, 7) is 4.08. The van der Waals surface area contributed by atoms with Gasteiger partial charge in [-0.2, -0.15) is 0 Å². The zero-order valence-corrected chi connectivity index (χ0v) is 13.8. The summed E-state index contributed by atoms with van der Waals surface area (Å²) in [7, 11) is 1.96. The second kappa shape index (κ2) is 9.77. The summed E-state index contributed by atoms with van der Waals surface area (Å²) in [5.41, 5.74) is 1.03. The fourth-order valence-electron chi connectivity index (χ4n) is 2.77. The van der Waals surface area contributed by atoms with Crippen LogP contribution in [0.3, 0.4) is 0 Å². The zero-order valence-electron chi connectivity index (χ0n) is 13.0. The van der Waals surface area contributed by atoms with Crippen LogP contribution in [-0.4, -0.2) is 50.6 Å². The van der Waals surface area contributed by atoms with Gasteiger partial charge in [-0.25, -0.2) is 4.39 Å². The molecule has 22 heavy (non-hydrogen) atoms. The lowest BCUT2D eigenvalue weighted by Crippen LogP contribution is -2.37. The van der Waals surface area contributed by atoms with Gasteiger partial charge in [0.05, 0.1) is 6.54 Å². The van der Waals surface area contributed by atoms with Crippen molar-refractivity contribution in [2.45, 2.75) is 12.8 Å². The zero-order chi connectivity index (χ0) is 15.1. The molecule has 6 heteroatoms. The molecule has 0 saturated carbocycles. The van der Waals surface area contributed by atoms with Crippen molar-refractivity contribution in [2.24, 2.45) is 5.92 Å². The van der Waals surface area contributed by atoms with Gasteiger partial charge in [0.25, 0.3) is 0 Å². The number of hydrogen-bond donors (Lipinski definition) is 2. The first kappa shape index (κ1) is 18.9. The molecule has 1 aromatic rings. The number of likely N-dealkylation sites (tertiary alicyclic amines) is 1. The highest BCUT2D eigenvalue weighted by Gasteiger charge is 2.23. The van der Waals surface area contributed by atoms with Crippen LogP contribution in [0.2, 0.25) is 0 Å². The maximum Gasteiger partial charge on any atom is 0.234 e. The van der Waals surface area contributed by atoms with Crippen LogP contribution in [0.4, 0.5) is 4.39 Å². The van der Waals surface area contributed by atoms with E-state index in [0.717, 1.165) is 38.0 Å². The Morgan fingerprint density at radius 2 is 2.09 bits per heavy atom. The molecule has 1 unspecified atom stereocenters. The molecular weight excluding hydrogens is 305 g/mol. The smallest absolute Gasteiger partial charge is 0.234 e. The van der Waals surface area contributed by atoms with E-state index in [2.05, 4.69) is 15.5 Å². The minimum Gasteiger partial charge on any atom is -0.355 e. The summed E-state index contributed by atoms with van der Waals surface area (Å²) < 4.78 is 12.8. The van der Waals surface area contributed by atoms with E-state index in [0.29, 0.717) is 19.0 Å². The lowest BCUT2D eigenvalue weighted by Gasteiger charge is -2.15. The van der Waals surface area contributed by atoms with Crippen molar-refractivity contribution in [3.05, 3.63) is 35.6 Å². The fraction of sp³-hybridized carbons (Fsp3) is 0.562. The third-order valence-corrected chi connectivity index (χ3v) is 3.88. The van der Waals surface area contributed by atoms with Crippen LogP contribution in [0.25, 0.3) is 0 Å². The summed E-state index contributed by atoms with van der Waals surface area (Å²) in [6.07, 6.45) is 1.89. The standard InChI is InChI=1S/C16H24FN3O.ClH/c1-18-10-14-7-9-20(11-14)12-16(21)19-8-6-13-2-4-15(17)5-3-13;/h2-5,14,18H,6-12H2,1H3,(H,19,21);1H. The average Bonchev–Trinajstić information content (AvgIpc) is 2.89. The lowest BCUT2D eigenvalue weighted by atomic mass is 10.1. The number of carbonyl (C=O) groups is 1. The summed E-state index contributed by atoms with van der Waals surface area (Å²) in [5, 5.41) is 6.12. The van der Waals surface area contributed by atoms with E-state index < -0.39 is 0 Å². The predicted octanol–water partition coefficient (Wildman–Crippen LogP) is 1.45. The number of rotatable bonds is 7. The van der Waals surface area contributed by atoms with Crippen molar-refractivity contribution in [1.82, 2.24) is 15.5 Å². The molecular formula is C16H25ClFN3O. The van der Waals surface area contributed by atoms with Gasteiger partial charge in [-0.05, 0) is 56.6 Å². The van der Waals surface area contributed by atoms with Gasteiger partial charge in [0.1, 0.15) is 5.82 Å². The topological polar surface area (TPSA) is 44.4 Å². The maximum atomic E-state index is 12.8. The molecule has 0 spiro atoms. The normalized spacial score (nSPS) is 18.0. The second-order valence-corrected chi connectivity index (χ2v) is 5.67. The molecule has 1 heterocycles. The van der Waals surface area contributed by atoms with E-state index in [1.54, 1.807) is 12.1 Å². The molecule has 1 fully saturated rings. The Kier molecular flexibility index (Phi) is 8.38. The molecule has 1 aliphatic rings. The van der Waals surface area contributed by atoms with Gasteiger partial charge in [0.15, 0.2) is 0 Å². The van der Waals surface area contributed by atoms with E-state index in [-0.39, 0.29) is 24.1 Å². The van der Waals surface area contributed by atoms with Crippen LogP contribution in [0, 0.1) is 11.7 Å². The molecule has 1 aliphatic heterocycles. The monoisotopic (exact) mass is 329 g/mol. The molecule has 0 radical (unpaired) electrons. The quantitative estimate of drug-likeness (QED) is 0.796.